The number of hydrogen-bond donors (Lipinski definition) is 0. The van der Waals surface area contributed by atoms with Crippen molar-refractivity contribution in [1.29, 1.82) is 0 Å². The maximum atomic E-state index is 2.54. The minimum Gasteiger partial charge on any atom is -0.309 e. The molecule has 0 atom stereocenters. The third-order valence-corrected chi connectivity index (χ3v) is 12.5. The minimum atomic E-state index is -0.396. The molecule has 0 unspecified atom stereocenters. The average molecular weight is 620 g/mol. The molecule has 0 N–H and O–H groups in total. The molecule has 11 rings (SSSR count). The molecule has 1 aliphatic heterocycles. The Morgan fingerprint density at radius 1 is 0.413 bits per heavy atom. The SMILES string of the molecule is c1ccc(-n2c3cc4c(cc3c3cc5c(cc32)sc2ccccc25)-c2ccccc2C42c3ccccc3Sc3ccccc32)cc1. The highest BCUT2D eigenvalue weighted by molar-refractivity contribution is 7.99. The highest BCUT2D eigenvalue weighted by Gasteiger charge is 2.50. The van der Waals surface area contributed by atoms with Crippen LogP contribution >= 0.6 is 23.1 Å². The minimum absolute atomic E-state index is 0.396. The van der Waals surface area contributed by atoms with Crippen molar-refractivity contribution >= 4 is 65.1 Å². The van der Waals surface area contributed by atoms with Crippen LogP contribution in [0.15, 0.2) is 161 Å². The van der Waals surface area contributed by atoms with Gasteiger partial charge in [-0.1, -0.05) is 109 Å². The fourth-order valence-corrected chi connectivity index (χ4v) is 10.7. The molecular weight excluding hydrogens is 595 g/mol. The van der Waals surface area contributed by atoms with Gasteiger partial charge in [0.15, 0.2) is 0 Å². The van der Waals surface area contributed by atoms with Crippen molar-refractivity contribution in [2.24, 2.45) is 0 Å². The van der Waals surface area contributed by atoms with E-state index in [9.17, 15) is 0 Å². The zero-order valence-corrected chi connectivity index (χ0v) is 26.3. The third-order valence-electron chi connectivity index (χ3n) is 10.2. The van der Waals surface area contributed by atoms with Crippen LogP contribution in [0.2, 0.25) is 0 Å². The molecule has 0 amide bonds. The molecule has 0 saturated carbocycles. The second kappa shape index (κ2) is 9.01. The van der Waals surface area contributed by atoms with Crippen molar-refractivity contribution < 1.29 is 0 Å². The van der Waals surface area contributed by atoms with Crippen molar-refractivity contribution in [2.45, 2.75) is 15.2 Å². The Bertz CT molecular complexity index is 2680. The van der Waals surface area contributed by atoms with Crippen molar-refractivity contribution in [3.63, 3.8) is 0 Å². The van der Waals surface area contributed by atoms with E-state index < -0.39 is 5.41 Å². The standard InChI is InChI=1S/C43H25NS2/c1-2-12-26(13-3-1)44-37-24-36-29(22-30(37)31-23-32-28-15-5-9-19-39(28)45-42(32)25-38(31)44)27-14-4-6-16-33(27)43(36)34-17-7-10-20-40(34)46-41-21-11-8-18-35(41)43/h1-25H. The van der Waals surface area contributed by atoms with Crippen LogP contribution in [0.5, 0.6) is 0 Å². The van der Waals surface area contributed by atoms with Crippen LogP contribution in [-0.4, -0.2) is 4.57 Å². The van der Waals surface area contributed by atoms with E-state index >= 15 is 0 Å². The van der Waals surface area contributed by atoms with E-state index in [0.717, 1.165) is 0 Å². The maximum Gasteiger partial charge on any atom is 0.0736 e. The van der Waals surface area contributed by atoms with Gasteiger partial charge in [-0.3, -0.25) is 0 Å². The number of fused-ring (bicyclic) bond motifs is 15. The fourth-order valence-electron chi connectivity index (χ4n) is 8.43. The van der Waals surface area contributed by atoms with Crippen LogP contribution in [-0.2, 0) is 5.41 Å². The quantitative estimate of drug-likeness (QED) is 0.177. The van der Waals surface area contributed by atoms with E-state index in [1.165, 1.54) is 90.8 Å². The molecule has 9 aromatic rings. The molecule has 1 aliphatic carbocycles. The smallest absolute Gasteiger partial charge is 0.0736 e. The van der Waals surface area contributed by atoms with E-state index in [-0.39, 0.29) is 0 Å². The lowest BCUT2D eigenvalue weighted by Gasteiger charge is -2.39. The summed E-state index contributed by atoms with van der Waals surface area (Å²) in [7, 11) is 0. The summed E-state index contributed by atoms with van der Waals surface area (Å²) >= 11 is 3.79. The van der Waals surface area contributed by atoms with Crippen LogP contribution < -0.4 is 0 Å². The molecule has 2 aromatic heterocycles. The second-order valence-electron chi connectivity index (χ2n) is 12.4. The summed E-state index contributed by atoms with van der Waals surface area (Å²) in [4.78, 5) is 2.67. The molecule has 3 heterocycles. The Morgan fingerprint density at radius 3 is 1.85 bits per heavy atom. The zero-order chi connectivity index (χ0) is 30.0. The van der Waals surface area contributed by atoms with Gasteiger partial charge in [0, 0.05) is 46.4 Å². The first-order valence-electron chi connectivity index (χ1n) is 15.8. The predicted molar refractivity (Wildman–Crippen MR) is 195 cm³/mol. The van der Waals surface area contributed by atoms with E-state index in [4.69, 9.17) is 0 Å². The highest BCUT2D eigenvalue weighted by atomic mass is 32.2. The molecule has 3 heteroatoms. The Kier molecular flexibility index (Phi) is 4.92. The van der Waals surface area contributed by atoms with Crippen LogP contribution in [0, 0.1) is 0 Å². The normalized spacial score (nSPS) is 14.2. The Balaban J connectivity index is 1.34. The molecule has 0 radical (unpaired) electrons. The van der Waals surface area contributed by atoms with Crippen molar-refractivity contribution in [3.05, 3.63) is 174 Å². The summed E-state index contributed by atoms with van der Waals surface area (Å²) in [5, 5.41) is 5.28. The van der Waals surface area contributed by atoms with Crippen LogP contribution in [0.25, 0.3) is 58.8 Å². The monoisotopic (exact) mass is 619 g/mol. The molecule has 1 nitrogen and oxygen atoms in total. The average Bonchev–Trinajstić information content (AvgIpc) is 3.73. The number of thiophene rings is 1. The number of nitrogens with zero attached hydrogens (tertiary/aromatic N) is 1. The van der Waals surface area contributed by atoms with Gasteiger partial charge < -0.3 is 4.57 Å². The molecule has 214 valence electrons. The van der Waals surface area contributed by atoms with Crippen LogP contribution in [0.1, 0.15) is 22.3 Å². The Labute approximate surface area is 274 Å². The number of benzene rings is 7. The molecule has 46 heavy (non-hydrogen) atoms. The van der Waals surface area contributed by atoms with Crippen molar-refractivity contribution in [1.82, 2.24) is 4.57 Å². The molecule has 7 aromatic carbocycles. The highest BCUT2D eigenvalue weighted by Crippen LogP contribution is 2.62. The summed E-state index contributed by atoms with van der Waals surface area (Å²) in [5.41, 5.74) is 11.5. The number of aromatic nitrogens is 1. The molecule has 2 aliphatic rings. The summed E-state index contributed by atoms with van der Waals surface area (Å²) < 4.78 is 5.17. The number of hydrogen-bond acceptors (Lipinski definition) is 2. The molecule has 0 saturated heterocycles. The summed E-state index contributed by atoms with van der Waals surface area (Å²) in [6, 6.07) is 56.9. The van der Waals surface area contributed by atoms with E-state index in [1.807, 2.05) is 23.1 Å². The van der Waals surface area contributed by atoms with Gasteiger partial charge in [-0.2, -0.15) is 0 Å². The lowest BCUT2D eigenvalue weighted by atomic mass is 9.67. The predicted octanol–water partition coefficient (Wildman–Crippen LogP) is 12.0. The topological polar surface area (TPSA) is 4.93 Å². The van der Waals surface area contributed by atoms with Crippen LogP contribution in [0.4, 0.5) is 0 Å². The molecule has 0 bridgehead atoms. The van der Waals surface area contributed by atoms with Gasteiger partial charge in [0.25, 0.3) is 0 Å². The van der Waals surface area contributed by atoms with Gasteiger partial charge in [-0.15, -0.1) is 11.3 Å². The van der Waals surface area contributed by atoms with Gasteiger partial charge in [0.1, 0.15) is 0 Å². The lowest BCUT2D eigenvalue weighted by Crippen LogP contribution is -2.31. The lowest BCUT2D eigenvalue weighted by molar-refractivity contribution is 0.723. The Hall–Kier alpha value is -5.09. The van der Waals surface area contributed by atoms with Gasteiger partial charge in [-0.05, 0) is 88.0 Å². The molecule has 0 fully saturated rings. The van der Waals surface area contributed by atoms with Crippen molar-refractivity contribution in [2.75, 3.05) is 0 Å². The number of para-hydroxylation sites is 1. The molecule has 1 spiro atoms. The van der Waals surface area contributed by atoms with Gasteiger partial charge >= 0.3 is 0 Å². The largest absolute Gasteiger partial charge is 0.309 e. The Morgan fingerprint density at radius 2 is 1.04 bits per heavy atom. The van der Waals surface area contributed by atoms with E-state index in [1.54, 1.807) is 0 Å². The molecular formula is C43H25NS2. The first kappa shape index (κ1) is 25.1. The fraction of sp³-hybridized carbons (Fsp3) is 0.0233. The second-order valence-corrected chi connectivity index (χ2v) is 14.6. The summed E-state index contributed by atoms with van der Waals surface area (Å²) in [6.07, 6.45) is 0. The van der Waals surface area contributed by atoms with Gasteiger partial charge in [-0.25, -0.2) is 0 Å². The number of rotatable bonds is 1. The van der Waals surface area contributed by atoms with Gasteiger partial charge in [0.05, 0.1) is 16.4 Å². The first-order chi connectivity index (χ1) is 22.8. The first-order valence-corrected chi connectivity index (χ1v) is 17.4. The van der Waals surface area contributed by atoms with Gasteiger partial charge in [0.2, 0.25) is 0 Å². The third kappa shape index (κ3) is 3.07. The summed E-state index contributed by atoms with van der Waals surface area (Å²) in [5.74, 6) is 0. The maximum absolute atomic E-state index is 2.54. The van der Waals surface area contributed by atoms with E-state index in [0.29, 0.717) is 0 Å². The zero-order valence-electron chi connectivity index (χ0n) is 24.7. The summed E-state index contributed by atoms with van der Waals surface area (Å²) in [6.45, 7) is 0. The van der Waals surface area contributed by atoms with E-state index in [2.05, 4.69) is 156 Å². The van der Waals surface area contributed by atoms with Crippen LogP contribution in [0.3, 0.4) is 0 Å². The van der Waals surface area contributed by atoms with Crippen molar-refractivity contribution in [3.8, 4) is 16.8 Å².